The molecule has 0 radical (unpaired) electrons. The number of anilines is 1. The molecule has 0 spiro atoms. The van der Waals surface area contributed by atoms with Crippen LogP contribution in [0, 0.1) is 5.82 Å². The van der Waals surface area contributed by atoms with Crippen LogP contribution < -0.4 is 10.6 Å². The monoisotopic (exact) mass is 274 g/mol. The molecule has 0 saturated carbocycles. The van der Waals surface area contributed by atoms with Crippen LogP contribution in [0.1, 0.15) is 6.92 Å². The molecule has 0 bridgehead atoms. The third-order valence-corrected chi connectivity index (χ3v) is 3.56. The number of benzene rings is 1. The number of hydrogen-bond acceptors (Lipinski definition) is 4. The topological polar surface area (TPSA) is 75.3 Å². The molecule has 100 valence electrons. The fourth-order valence-corrected chi connectivity index (χ4v) is 1.85. The average Bonchev–Trinajstić information content (AvgIpc) is 2.29. The van der Waals surface area contributed by atoms with Crippen LogP contribution in [0.25, 0.3) is 0 Å². The molecule has 2 N–H and O–H groups in total. The molecule has 0 aromatic heterocycles. The van der Waals surface area contributed by atoms with Gasteiger partial charge >= 0.3 is 0 Å². The van der Waals surface area contributed by atoms with Crippen molar-refractivity contribution in [1.29, 1.82) is 0 Å². The van der Waals surface area contributed by atoms with Crippen molar-refractivity contribution in [3.63, 3.8) is 0 Å². The van der Waals surface area contributed by atoms with Crippen LogP contribution in [0.4, 0.5) is 10.1 Å². The summed E-state index contributed by atoms with van der Waals surface area (Å²) in [5.74, 6) is -1.12. The molecule has 1 aromatic rings. The van der Waals surface area contributed by atoms with E-state index in [2.05, 4.69) is 10.6 Å². The van der Waals surface area contributed by atoms with Crippen LogP contribution in [0.3, 0.4) is 0 Å². The van der Waals surface area contributed by atoms with Gasteiger partial charge in [-0.05, 0) is 32.2 Å². The number of hydrogen-bond donors (Lipinski definition) is 2. The summed E-state index contributed by atoms with van der Waals surface area (Å²) in [6.07, 6.45) is 1.02. The fraction of sp³-hybridized carbons (Fsp3) is 0.364. The lowest BCUT2D eigenvalue weighted by molar-refractivity contribution is -0.117. The minimum Gasteiger partial charge on any atom is -0.322 e. The number of amides is 1. The van der Waals surface area contributed by atoms with Crippen molar-refractivity contribution >= 4 is 21.4 Å². The number of halogens is 1. The molecule has 1 unspecified atom stereocenters. The van der Waals surface area contributed by atoms with Gasteiger partial charge in [0.25, 0.3) is 0 Å². The van der Waals surface area contributed by atoms with E-state index in [0.717, 1.165) is 24.5 Å². The third-order valence-electron chi connectivity index (χ3n) is 2.45. The fourth-order valence-electron chi connectivity index (χ4n) is 1.20. The molecule has 1 aromatic carbocycles. The number of carbonyl (C=O) groups excluding carboxylic acids is 1. The van der Waals surface area contributed by atoms with Crippen LogP contribution in [-0.2, 0) is 14.6 Å². The zero-order valence-corrected chi connectivity index (χ0v) is 11.1. The predicted molar refractivity (Wildman–Crippen MR) is 66.7 cm³/mol. The maximum absolute atomic E-state index is 13.5. The van der Waals surface area contributed by atoms with E-state index in [1.807, 2.05) is 0 Å². The van der Waals surface area contributed by atoms with Gasteiger partial charge in [0, 0.05) is 6.26 Å². The van der Waals surface area contributed by atoms with Crippen LogP contribution in [0.15, 0.2) is 23.1 Å². The maximum atomic E-state index is 13.5. The summed E-state index contributed by atoms with van der Waals surface area (Å²) in [7, 11) is -1.85. The first kappa shape index (κ1) is 14.6. The van der Waals surface area contributed by atoms with E-state index in [1.54, 1.807) is 14.0 Å². The minimum atomic E-state index is -3.44. The van der Waals surface area contributed by atoms with E-state index >= 15 is 0 Å². The molecule has 18 heavy (non-hydrogen) atoms. The second kappa shape index (κ2) is 5.45. The molecule has 0 heterocycles. The lowest BCUT2D eigenvalue weighted by Gasteiger charge is -2.12. The Labute approximate surface area is 105 Å². The average molecular weight is 274 g/mol. The molecular formula is C11H15FN2O3S. The zero-order chi connectivity index (χ0) is 13.9. The molecule has 0 saturated heterocycles. The smallest absolute Gasteiger partial charge is 0.241 e. The molecule has 1 atom stereocenters. The quantitative estimate of drug-likeness (QED) is 0.795. The molecule has 0 fully saturated rings. The molecular weight excluding hydrogens is 259 g/mol. The summed E-state index contributed by atoms with van der Waals surface area (Å²) in [5.41, 5.74) is -0.148. The highest BCUT2D eigenvalue weighted by Crippen LogP contribution is 2.19. The highest BCUT2D eigenvalue weighted by atomic mass is 32.2. The Morgan fingerprint density at radius 2 is 2.00 bits per heavy atom. The molecule has 0 aliphatic carbocycles. The van der Waals surface area contributed by atoms with Gasteiger partial charge in [-0.1, -0.05) is 0 Å². The highest BCUT2D eigenvalue weighted by Gasteiger charge is 2.15. The third kappa shape index (κ3) is 3.51. The minimum absolute atomic E-state index is 0.0451. The first-order valence-corrected chi connectivity index (χ1v) is 7.12. The van der Waals surface area contributed by atoms with Crippen LogP contribution in [0.2, 0.25) is 0 Å². The van der Waals surface area contributed by atoms with Gasteiger partial charge in [0.15, 0.2) is 9.84 Å². The summed E-state index contributed by atoms with van der Waals surface area (Å²) < 4.78 is 36.1. The second-order valence-electron chi connectivity index (χ2n) is 3.91. The standard InChI is InChI=1S/C11H15FN2O3S/c1-7(13-2)11(15)14-10-6-8(18(3,16)17)4-5-9(10)12/h4-7,13H,1-3H3,(H,14,15). The highest BCUT2D eigenvalue weighted by molar-refractivity contribution is 7.90. The first-order chi connectivity index (χ1) is 8.25. The van der Waals surface area contributed by atoms with E-state index in [0.29, 0.717) is 0 Å². The Bertz CT molecular complexity index is 557. The molecule has 5 nitrogen and oxygen atoms in total. The lowest BCUT2D eigenvalue weighted by Crippen LogP contribution is -2.35. The van der Waals surface area contributed by atoms with Gasteiger partial charge in [-0.25, -0.2) is 12.8 Å². The van der Waals surface area contributed by atoms with Crippen molar-refractivity contribution in [2.24, 2.45) is 0 Å². The van der Waals surface area contributed by atoms with E-state index in [1.165, 1.54) is 0 Å². The van der Waals surface area contributed by atoms with E-state index in [4.69, 9.17) is 0 Å². The van der Waals surface area contributed by atoms with E-state index < -0.39 is 27.6 Å². The van der Waals surface area contributed by atoms with Crippen LogP contribution >= 0.6 is 0 Å². The van der Waals surface area contributed by atoms with Crippen LogP contribution in [0.5, 0.6) is 0 Å². The zero-order valence-electron chi connectivity index (χ0n) is 10.3. The van der Waals surface area contributed by atoms with Crippen molar-refractivity contribution < 1.29 is 17.6 Å². The van der Waals surface area contributed by atoms with Gasteiger partial charge < -0.3 is 10.6 Å². The Balaban J connectivity index is 3.06. The van der Waals surface area contributed by atoms with Gasteiger partial charge in [-0.3, -0.25) is 4.79 Å². The first-order valence-electron chi connectivity index (χ1n) is 5.23. The summed E-state index contributed by atoms with van der Waals surface area (Å²) in [5, 5.41) is 5.03. The Morgan fingerprint density at radius 1 is 1.39 bits per heavy atom. The largest absolute Gasteiger partial charge is 0.322 e. The number of sulfone groups is 1. The van der Waals surface area contributed by atoms with Crippen molar-refractivity contribution in [2.75, 3.05) is 18.6 Å². The predicted octanol–water partition coefficient (Wildman–Crippen LogP) is 0.776. The Hall–Kier alpha value is -1.47. The summed E-state index contributed by atoms with van der Waals surface area (Å²) in [6, 6.07) is 2.76. The molecule has 0 aliphatic rings. The van der Waals surface area contributed by atoms with Gasteiger partial charge in [-0.2, -0.15) is 0 Å². The Morgan fingerprint density at radius 3 is 2.50 bits per heavy atom. The number of likely N-dealkylation sites (N-methyl/N-ethyl adjacent to an activating group) is 1. The number of rotatable bonds is 4. The van der Waals surface area contributed by atoms with Crippen molar-refractivity contribution in [3.05, 3.63) is 24.0 Å². The van der Waals surface area contributed by atoms with Gasteiger partial charge in [0.05, 0.1) is 16.6 Å². The van der Waals surface area contributed by atoms with Crippen molar-refractivity contribution in [1.82, 2.24) is 5.32 Å². The van der Waals surface area contributed by atoms with Crippen molar-refractivity contribution in [3.8, 4) is 0 Å². The second-order valence-corrected chi connectivity index (χ2v) is 5.93. The molecule has 0 aliphatic heterocycles. The summed E-state index contributed by atoms with van der Waals surface area (Å²) in [4.78, 5) is 11.5. The van der Waals surface area contributed by atoms with Crippen LogP contribution in [-0.4, -0.2) is 33.7 Å². The molecule has 7 heteroatoms. The number of nitrogens with one attached hydrogen (secondary N) is 2. The van der Waals surface area contributed by atoms with E-state index in [9.17, 15) is 17.6 Å². The SMILES string of the molecule is CNC(C)C(=O)Nc1cc(S(C)(=O)=O)ccc1F. The normalized spacial score (nSPS) is 13.1. The van der Waals surface area contributed by atoms with Gasteiger partial charge in [0.1, 0.15) is 5.82 Å². The van der Waals surface area contributed by atoms with Gasteiger partial charge in [-0.15, -0.1) is 0 Å². The summed E-state index contributed by atoms with van der Waals surface area (Å²) >= 11 is 0. The summed E-state index contributed by atoms with van der Waals surface area (Å²) in [6.45, 7) is 1.60. The van der Waals surface area contributed by atoms with Gasteiger partial charge in [0.2, 0.25) is 5.91 Å². The lowest BCUT2D eigenvalue weighted by atomic mass is 10.2. The maximum Gasteiger partial charge on any atom is 0.241 e. The number of carbonyl (C=O) groups is 1. The Kier molecular flexibility index (Phi) is 4.42. The van der Waals surface area contributed by atoms with E-state index in [-0.39, 0.29) is 10.6 Å². The molecule has 1 rings (SSSR count). The molecule has 1 amide bonds. The van der Waals surface area contributed by atoms with Crippen molar-refractivity contribution in [2.45, 2.75) is 17.9 Å².